The first-order chi connectivity index (χ1) is 20.4. The predicted octanol–water partition coefficient (Wildman–Crippen LogP) is 2.12. The molecule has 230 valence electrons. The molecule has 6 atom stereocenters. The van der Waals surface area contributed by atoms with Crippen LogP contribution in [0.25, 0.3) is 0 Å². The van der Waals surface area contributed by atoms with Crippen LogP contribution in [0, 0.1) is 11.3 Å². The van der Waals surface area contributed by atoms with Gasteiger partial charge in [0.2, 0.25) is 5.91 Å². The fourth-order valence-corrected chi connectivity index (χ4v) is 8.37. The van der Waals surface area contributed by atoms with Crippen LogP contribution in [0.15, 0.2) is 36.4 Å². The second kappa shape index (κ2) is 11.7. The van der Waals surface area contributed by atoms with Crippen molar-refractivity contribution >= 4 is 17.3 Å². The molecule has 5 saturated heterocycles. The smallest absolute Gasteiger partial charge is 0.244 e. The van der Waals surface area contributed by atoms with Crippen molar-refractivity contribution in [2.24, 2.45) is 11.3 Å². The summed E-state index contributed by atoms with van der Waals surface area (Å²) in [6, 6.07) is 8.86. The van der Waals surface area contributed by atoms with E-state index in [2.05, 4.69) is 72.9 Å². The van der Waals surface area contributed by atoms with Gasteiger partial charge in [0.05, 0.1) is 30.4 Å². The van der Waals surface area contributed by atoms with Crippen LogP contribution in [-0.2, 0) is 4.79 Å². The highest BCUT2D eigenvalue weighted by Crippen LogP contribution is 2.41. The molecule has 5 fully saturated rings. The van der Waals surface area contributed by atoms with Crippen molar-refractivity contribution in [3.8, 4) is 0 Å². The van der Waals surface area contributed by atoms with Crippen molar-refractivity contribution in [1.82, 2.24) is 31.3 Å². The molecule has 10 nitrogen and oxygen atoms in total. The number of rotatable bonds is 3. The second-order valence-electron chi connectivity index (χ2n) is 13.8. The zero-order chi connectivity index (χ0) is 28.7. The van der Waals surface area contributed by atoms with Gasteiger partial charge >= 0.3 is 0 Å². The lowest BCUT2D eigenvalue weighted by molar-refractivity contribution is -0.146. The van der Waals surface area contributed by atoms with Crippen molar-refractivity contribution in [3.63, 3.8) is 0 Å². The van der Waals surface area contributed by atoms with Crippen molar-refractivity contribution in [3.05, 3.63) is 36.4 Å². The molecular weight excluding hydrogens is 528 g/mol. The lowest BCUT2D eigenvalue weighted by Gasteiger charge is -2.47. The van der Waals surface area contributed by atoms with Crippen LogP contribution in [0.3, 0.4) is 0 Å². The Morgan fingerprint density at radius 1 is 0.976 bits per heavy atom. The molecule has 42 heavy (non-hydrogen) atoms. The van der Waals surface area contributed by atoms with Gasteiger partial charge in [-0.15, -0.1) is 0 Å². The number of carbonyl (C=O) groups is 1. The van der Waals surface area contributed by atoms with E-state index >= 15 is 0 Å². The Morgan fingerprint density at radius 3 is 2.55 bits per heavy atom. The summed E-state index contributed by atoms with van der Waals surface area (Å²) in [4.78, 5) is 16.2. The number of nitrogens with zero attached hydrogens (tertiary/aromatic N) is 3. The number of fused-ring (bicyclic) bond motifs is 6. The summed E-state index contributed by atoms with van der Waals surface area (Å²) in [5, 5.41) is 33.6. The number of hydrogen-bond acceptors (Lipinski definition) is 9. The number of anilines is 2. The van der Waals surface area contributed by atoms with E-state index in [4.69, 9.17) is 0 Å². The third-order valence-electron chi connectivity index (χ3n) is 11.1. The lowest BCUT2D eigenvalue weighted by atomic mass is 9.71. The first-order valence-corrected chi connectivity index (χ1v) is 16.5. The molecule has 6 aliphatic rings. The molecule has 6 N–H and O–H groups in total. The number of carbonyl (C=O) groups excluding carboxylic acids is 1. The molecular formula is C32H50N8O2. The Hall–Kier alpha value is -2.21. The van der Waals surface area contributed by atoms with Crippen LogP contribution in [0.4, 0.5) is 11.4 Å². The van der Waals surface area contributed by atoms with E-state index < -0.39 is 5.60 Å². The number of hydrazine groups is 1. The van der Waals surface area contributed by atoms with Crippen molar-refractivity contribution in [2.75, 3.05) is 49.5 Å². The van der Waals surface area contributed by atoms with Crippen LogP contribution < -0.4 is 31.5 Å². The molecule has 6 heterocycles. The summed E-state index contributed by atoms with van der Waals surface area (Å²) in [6.07, 6.45) is 13.6. The first-order valence-electron chi connectivity index (χ1n) is 16.5. The summed E-state index contributed by atoms with van der Waals surface area (Å²) in [7, 11) is 0. The number of benzene rings is 1. The predicted molar refractivity (Wildman–Crippen MR) is 165 cm³/mol. The Bertz CT molecular complexity index is 1130. The number of hydrogen-bond donors (Lipinski definition) is 6. The number of aliphatic hydroxyl groups is 1. The molecule has 7 rings (SSSR count). The third kappa shape index (κ3) is 5.57. The maximum atomic E-state index is 13.6. The largest absolute Gasteiger partial charge is 0.389 e. The van der Waals surface area contributed by atoms with E-state index in [1.165, 1.54) is 44.5 Å². The van der Waals surface area contributed by atoms with Gasteiger partial charge in [-0.1, -0.05) is 12.2 Å². The highest BCUT2D eigenvalue weighted by Gasteiger charge is 2.52. The van der Waals surface area contributed by atoms with Crippen molar-refractivity contribution in [1.29, 1.82) is 0 Å². The van der Waals surface area contributed by atoms with Gasteiger partial charge in [0.15, 0.2) is 0 Å². The minimum atomic E-state index is -0.776. The summed E-state index contributed by atoms with van der Waals surface area (Å²) in [5.74, 6) is 0.00183. The Labute approximate surface area is 250 Å². The minimum Gasteiger partial charge on any atom is -0.389 e. The molecule has 1 aromatic rings. The van der Waals surface area contributed by atoms with Crippen molar-refractivity contribution < 1.29 is 9.90 Å². The van der Waals surface area contributed by atoms with E-state index in [1.807, 2.05) is 11.9 Å². The molecule has 1 spiro atoms. The number of nitrogens with one attached hydrogen (secondary N) is 5. The Morgan fingerprint density at radius 2 is 1.76 bits per heavy atom. The van der Waals surface area contributed by atoms with Gasteiger partial charge in [-0.2, -0.15) is 5.01 Å². The molecule has 0 saturated carbocycles. The summed E-state index contributed by atoms with van der Waals surface area (Å²) < 4.78 is 0. The van der Waals surface area contributed by atoms with Gasteiger partial charge in [-0.25, -0.2) is 0 Å². The number of piperidine rings is 3. The Kier molecular flexibility index (Phi) is 7.96. The van der Waals surface area contributed by atoms with Crippen LogP contribution in [-0.4, -0.2) is 90.6 Å². The lowest BCUT2D eigenvalue weighted by Crippen LogP contribution is -2.69. The fourth-order valence-electron chi connectivity index (χ4n) is 8.37. The van der Waals surface area contributed by atoms with E-state index in [0.29, 0.717) is 18.5 Å². The normalized spacial score (nSPS) is 37.2. The highest BCUT2D eigenvalue weighted by molar-refractivity contribution is 5.82. The van der Waals surface area contributed by atoms with E-state index in [9.17, 15) is 9.90 Å². The summed E-state index contributed by atoms with van der Waals surface area (Å²) in [5.41, 5.74) is 2.14. The van der Waals surface area contributed by atoms with Gasteiger partial charge < -0.3 is 20.6 Å². The fraction of sp³-hybridized carbons (Fsp3) is 0.719. The summed E-state index contributed by atoms with van der Waals surface area (Å²) in [6.45, 7) is 7.76. The van der Waals surface area contributed by atoms with Gasteiger partial charge in [0.1, 0.15) is 6.29 Å². The third-order valence-corrected chi connectivity index (χ3v) is 11.1. The first kappa shape index (κ1) is 28.6. The van der Waals surface area contributed by atoms with E-state index in [-0.39, 0.29) is 36.5 Å². The topological polar surface area (TPSA) is 107 Å². The standard InChI is InChI=1S/C32H50N8O2/c1-31(42)12-3-2-4-19-39-29(41)25-22-34-30(37-28(25)40(39)27-7-5-6-26(31)36-27)35-23-8-10-24(11-9-23)38-20-15-32(16-21-38)13-17-33-18-14-32/h2,4,8-11,25-28,30,33-37,42H,3,5-7,12-22H2,1H3. The molecule has 0 aliphatic carbocycles. The molecule has 1 aromatic carbocycles. The maximum absolute atomic E-state index is 13.6. The second-order valence-corrected chi connectivity index (χ2v) is 13.8. The zero-order valence-corrected chi connectivity index (χ0v) is 25.2. The van der Waals surface area contributed by atoms with Gasteiger partial charge in [-0.05, 0) is 107 Å². The van der Waals surface area contributed by atoms with Gasteiger partial charge in [-0.3, -0.25) is 25.8 Å². The van der Waals surface area contributed by atoms with Crippen LogP contribution in [0.5, 0.6) is 0 Å². The quantitative estimate of drug-likeness (QED) is 0.301. The molecule has 0 radical (unpaired) electrons. The molecule has 0 aromatic heterocycles. The van der Waals surface area contributed by atoms with E-state index in [0.717, 1.165) is 50.9 Å². The summed E-state index contributed by atoms with van der Waals surface area (Å²) >= 11 is 0. The van der Waals surface area contributed by atoms with Crippen LogP contribution >= 0.6 is 0 Å². The molecule has 6 unspecified atom stereocenters. The molecule has 10 heteroatoms. The van der Waals surface area contributed by atoms with Crippen molar-refractivity contribution in [2.45, 2.75) is 95.0 Å². The monoisotopic (exact) mass is 578 g/mol. The number of allylic oxidation sites excluding steroid dienone is 1. The molecule has 2 bridgehead atoms. The van der Waals surface area contributed by atoms with Crippen LogP contribution in [0.2, 0.25) is 0 Å². The van der Waals surface area contributed by atoms with Gasteiger partial charge in [0, 0.05) is 37.1 Å². The Balaban J connectivity index is 1.01. The van der Waals surface area contributed by atoms with E-state index in [1.54, 1.807) is 0 Å². The average molecular weight is 579 g/mol. The molecule has 1 amide bonds. The molecule has 6 aliphatic heterocycles. The maximum Gasteiger partial charge on any atom is 0.244 e. The van der Waals surface area contributed by atoms with Crippen LogP contribution in [0.1, 0.15) is 64.7 Å². The van der Waals surface area contributed by atoms with Gasteiger partial charge in [0.25, 0.3) is 0 Å². The zero-order valence-electron chi connectivity index (χ0n) is 25.2. The highest BCUT2D eigenvalue weighted by atomic mass is 16.3. The number of amides is 1. The SMILES string of the molecule is CC1(O)CCC=CCN2C(=O)C3CNC(Nc4ccc(N5CCC6(CCNCC6)CC5)cc4)NC3N2C2CCCC1N2. The minimum absolute atomic E-state index is 0.000220. The average Bonchev–Trinajstić information content (AvgIpc) is 3.28.